The van der Waals surface area contributed by atoms with Crippen LogP contribution < -0.4 is 0 Å². The smallest absolute Gasteiger partial charge is 0.242 e. The Bertz CT molecular complexity index is 1010. The van der Waals surface area contributed by atoms with Gasteiger partial charge < -0.3 is 19.1 Å². The van der Waals surface area contributed by atoms with Crippen molar-refractivity contribution in [2.24, 2.45) is 7.05 Å². The number of amides is 2. The molecule has 6 heteroatoms. The minimum Gasteiger partial charge on any atom is -0.383 e. The Labute approximate surface area is 209 Å². The topological polar surface area (TPSA) is 54.8 Å². The van der Waals surface area contributed by atoms with Crippen LogP contribution >= 0.6 is 0 Å². The fraction of sp³-hybridized carbons (Fsp3) is 0.379. The quantitative estimate of drug-likeness (QED) is 0.367. The van der Waals surface area contributed by atoms with Crippen LogP contribution in [-0.2, 0) is 27.9 Å². The molecule has 0 saturated heterocycles. The van der Waals surface area contributed by atoms with E-state index in [1.54, 1.807) is 16.9 Å². The Hall–Kier alpha value is -3.38. The van der Waals surface area contributed by atoms with Crippen LogP contribution in [0, 0.1) is 0 Å². The van der Waals surface area contributed by atoms with Crippen molar-refractivity contribution in [3.63, 3.8) is 0 Å². The van der Waals surface area contributed by atoms with Crippen LogP contribution in [0.15, 0.2) is 79.0 Å². The van der Waals surface area contributed by atoms with E-state index in [4.69, 9.17) is 4.74 Å². The zero-order valence-corrected chi connectivity index (χ0v) is 21.1. The number of methoxy groups -OCH3 is 1. The molecule has 3 aromatic rings. The van der Waals surface area contributed by atoms with Crippen LogP contribution in [0.2, 0.25) is 0 Å². The van der Waals surface area contributed by atoms with Gasteiger partial charge in [0, 0.05) is 39.1 Å². The van der Waals surface area contributed by atoms with E-state index in [2.05, 4.69) is 6.92 Å². The number of ether oxygens (including phenoxy) is 1. The maximum absolute atomic E-state index is 14.0. The van der Waals surface area contributed by atoms with E-state index in [9.17, 15) is 9.59 Å². The fourth-order valence-electron chi connectivity index (χ4n) is 4.18. The monoisotopic (exact) mass is 475 g/mol. The molecule has 35 heavy (non-hydrogen) atoms. The van der Waals surface area contributed by atoms with Gasteiger partial charge in [-0.2, -0.15) is 0 Å². The first-order valence-corrected chi connectivity index (χ1v) is 12.3. The summed E-state index contributed by atoms with van der Waals surface area (Å²) in [5.41, 5.74) is 2.89. The van der Waals surface area contributed by atoms with E-state index < -0.39 is 5.92 Å². The summed E-state index contributed by atoms with van der Waals surface area (Å²) in [6.07, 6.45) is 3.75. The third-order valence-corrected chi connectivity index (χ3v) is 6.25. The second-order valence-corrected chi connectivity index (χ2v) is 8.79. The normalized spacial score (nSPS) is 11.0. The van der Waals surface area contributed by atoms with Crippen LogP contribution in [-0.4, -0.2) is 59.5 Å². The van der Waals surface area contributed by atoms with Gasteiger partial charge in [0.2, 0.25) is 11.8 Å². The first-order chi connectivity index (χ1) is 17.0. The number of hydrogen-bond donors (Lipinski definition) is 0. The SMILES string of the molecule is CCCCN(CC(=O)N(CCOC)Cc1cccn1C)C(=O)C(c1ccccc1)c1ccccc1. The molecule has 2 aromatic carbocycles. The molecule has 186 valence electrons. The summed E-state index contributed by atoms with van der Waals surface area (Å²) in [5, 5.41) is 0. The average Bonchev–Trinajstić information content (AvgIpc) is 3.29. The Morgan fingerprint density at radius 3 is 2.03 bits per heavy atom. The molecule has 0 atom stereocenters. The van der Waals surface area contributed by atoms with Gasteiger partial charge in [-0.15, -0.1) is 0 Å². The Balaban J connectivity index is 1.87. The predicted octanol–water partition coefficient (Wildman–Crippen LogP) is 4.46. The first-order valence-electron chi connectivity index (χ1n) is 12.3. The molecule has 0 saturated carbocycles. The number of hydrogen-bond acceptors (Lipinski definition) is 3. The average molecular weight is 476 g/mol. The summed E-state index contributed by atoms with van der Waals surface area (Å²) in [7, 11) is 3.60. The summed E-state index contributed by atoms with van der Waals surface area (Å²) < 4.78 is 7.27. The molecule has 6 nitrogen and oxygen atoms in total. The number of carbonyl (C=O) groups is 2. The molecule has 0 spiro atoms. The third-order valence-electron chi connectivity index (χ3n) is 6.25. The number of aryl methyl sites for hydroxylation is 1. The van der Waals surface area contributed by atoms with Gasteiger partial charge in [0.25, 0.3) is 0 Å². The molecule has 1 heterocycles. The number of rotatable bonds is 13. The highest BCUT2D eigenvalue weighted by Crippen LogP contribution is 2.27. The summed E-state index contributed by atoms with van der Waals surface area (Å²) in [6.45, 7) is 4.06. The van der Waals surface area contributed by atoms with E-state index in [-0.39, 0.29) is 18.4 Å². The zero-order chi connectivity index (χ0) is 25.0. The summed E-state index contributed by atoms with van der Waals surface area (Å²) in [4.78, 5) is 31.1. The third kappa shape index (κ3) is 7.30. The summed E-state index contributed by atoms with van der Waals surface area (Å²) in [6, 6.07) is 23.6. The van der Waals surface area contributed by atoms with E-state index in [1.165, 1.54) is 0 Å². The van der Waals surface area contributed by atoms with Crippen LogP contribution in [0.1, 0.15) is 42.5 Å². The van der Waals surface area contributed by atoms with Gasteiger partial charge in [-0.3, -0.25) is 9.59 Å². The molecule has 0 radical (unpaired) electrons. The molecule has 0 fully saturated rings. The van der Waals surface area contributed by atoms with Gasteiger partial charge in [-0.25, -0.2) is 0 Å². The largest absolute Gasteiger partial charge is 0.383 e. The number of benzene rings is 2. The van der Waals surface area contributed by atoms with Crippen molar-refractivity contribution >= 4 is 11.8 Å². The Morgan fingerprint density at radius 1 is 0.886 bits per heavy atom. The van der Waals surface area contributed by atoms with Crippen molar-refractivity contribution in [2.75, 3.05) is 33.4 Å². The van der Waals surface area contributed by atoms with Gasteiger partial charge in [-0.05, 0) is 29.7 Å². The molecule has 0 aliphatic heterocycles. The fourth-order valence-corrected chi connectivity index (χ4v) is 4.18. The maximum Gasteiger partial charge on any atom is 0.242 e. The number of aromatic nitrogens is 1. The molecule has 1 aromatic heterocycles. The molecule has 3 rings (SSSR count). The molecule has 0 aliphatic carbocycles. The van der Waals surface area contributed by atoms with Crippen LogP contribution in [0.5, 0.6) is 0 Å². The highest BCUT2D eigenvalue weighted by Gasteiger charge is 2.29. The van der Waals surface area contributed by atoms with Gasteiger partial charge in [0.1, 0.15) is 0 Å². The molecule has 0 bridgehead atoms. The summed E-state index contributed by atoms with van der Waals surface area (Å²) in [5.74, 6) is -0.579. The first kappa shape index (κ1) is 26.2. The van der Waals surface area contributed by atoms with Crippen molar-refractivity contribution in [2.45, 2.75) is 32.2 Å². The second kappa shape index (κ2) is 13.5. The zero-order valence-electron chi connectivity index (χ0n) is 21.1. The van der Waals surface area contributed by atoms with Gasteiger partial charge in [-0.1, -0.05) is 74.0 Å². The van der Waals surface area contributed by atoms with Crippen LogP contribution in [0.25, 0.3) is 0 Å². The van der Waals surface area contributed by atoms with E-state index in [0.717, 1.165) is 29.7 Å². The van der Waals surface area contributed by atoms with E-state index >= 15 is 0 Å². The highest BCUT2D eigenvalue weighted by molar-refractivity contribution is 5.91. The summed E-state index contributed by atoms with van der Waals surface area (Å²) >= 11 is 0. The highest BCUT2D eigenvalue weighted by atomic mass is 16.5. The molecular weight excluding hydrogens is 438 g/mol. The lowest BCUT2D eigenvalue weighted by Crippen LogP contribution is -2.45. The van der Waals surface area contributed by atoms with Crippen molar-refractivity contribution in [3.05, 3.63) is 95.8 Å². The maximum atomic E-state index is 14.0. The minimum atomic E-state index is -0.456. The van der Waals surface area contributed by atoms with Crippen molar-refractivity contribution in [1.82, 2.24) is 14.4 Å². The van der Waals surface area contributed by atoms with Crippen LogP contribution in [0.3, 0.4) is 0 Å². The standard InChI is InChI=1S/C29H37N3O3/c1-4-5-19-32(23-27(33)31(20-21-35-3)22-26-17-12-18-30(26)2)29(34)28(24-13-8-6-9-14-24)25-15-10-7-11-16-25/h6-18,28H,4-5,19-23H2,1-3H3. The van der Waals surface area contributed by atoms with Gasteiger partial charge in [0.05, 0.1) is 25.6 Å². The van der Waals surface area contributed by atoms with E-state index in [0.29, 0.717) is 26.2 Å². The number of unbranched alkanes of at least 4 members (excludes halogenated alkanes) is 1. The molecule has 0 N–H and O–H groups in total. The lowest BCUT2D eigenvalue weighted by Gasteiger charge is -2.30. The Kier molecular flexibility index (Phi) is 10.1. The van der Waals surface area contributed by atoms with Crippen molar-refractivity contribution in [1.29, 1.82) is 0 Å². The lowest BCUT2D eigenvalue weighted by molar-refractivity contribution is -0.141. The second-order valence-electron chi connectivity index (χ2n) is 8.79. The van der Waals surface area contributed by atoms with Crippen molar-refractivity contribution in [3.8, 4) is 0 Å². The number of nitrogens with zero attached hydrogens (tertiary/aromatic N) is 3. The Morgan fingerprint density at radius 2 is 1.51 bits per heavy atom. The minimum absolute atomic E-state index is 0.0448. The van der Waals surface area contributed by atoms with Gasteiger partial charge in [0.15, 0.2) is 0 Å². The predicted molar refractivity (Wildman–Crippen MR) is 139 cm³/mol. The molecule has 2 amide bonds. The number of carbonyl (C=O) groups excluding carboxylic acids is 2. The van der Waals surface area contributed by atoms with Gasteiger partial charge >= 0.3 is 0 Å². The van der Waals surface area contributed by atoms with E-state index in [1.807, 2.05) is 90.6 Å². The lowest BCUT2D eigenvalue weighted by atomic mass is 9.90. The van der Waals surface area contributed by atoms with Crippen molar-refractivity contribution < 1.29 is 14.3 Å². The molecular formula is C29H37N3O3. The molecule has 0 unspecified atom stereocenters. The van der Waals surface area contributed by atoms with Crippen LogP contribution in [0.4, 0.5) is 0 Å². The molecule has 0 aliphatic rings.